The number of hydrogen-bond acceptors (Lipinski definition) is 4. The maximum atomic E-state index is 5.42. The standard InChI is InChI=1S/C14H19BrN2O2/c1-17-4-2-11(3-5-17)16-8-10-6-13-14(7-12(10)15)19-9-18-13/h6-7,11,16H,2-5,8-9H2,1H3. The van der Waals surface area contributed by atoms with E-state index in [0.717, 1.165) is 22.5 Å². The Hall–Kier alpha value is -0.780. The van der Waals surface area contributed by atoms with Gasteiger partial charge in [-0.25, -0.2) is 0 Å². The Morgan fingerprint density at radius 3 is 2.68 bits per heavy atom. The minimum atomic E-state index is 0.327. The lowest BCUT2D eigenvalue weighted by Gasteiger charge is -2.29. The molecule has 0 bridgehead atoms. The van der Waals surface area contributed by atoms with Crippen LogP contribution in [0.1, 0.15) is 18.4 Å². The molecule has 1 N–H and O–H groups in total. The number of ether oxygens (including phenoxy) is 2. The van der Waals surface area contributed by atoms with Crippen molar-refractivity contribution in [3.8, 4) is 11.5 Å². The first-order valence-electron chi connectivity index (χ1n) is 6.72. The van der Waals surface area contributed by atoms with Crippen LogP contribution in [-0.4, -0.2) is 37.9 Å². The van der Waals surface area contributed by atoms with Crippen LogP contribution in [0.2, 0.25) is 0 Å². The van der Waals surface area contributed by atoms with Crippen molar-refractivity contribution >= 4 is 15.9 Å². The van der Waals surface area contributed by atoms with Crippen molar-refractivity contribution in [2.75, 3.05) is 26.9 Å². The summed E-state index contributed by atoms with van der Waals surface area (Å²) in [4.78, 5) is 2.38. The highest BCUT2D eigenvalue weighted by atomic mass is 79.9. The molecule has 2 heterocycles. The average molecular weight is 327 g/mol. The Balaban J connectivity index is 1.61. The molecule has 1 saturated heterocycles. The number of piperidine rings is 1. The van der Waals surface area contributed by atoms with Crippen LogP contribution in [0, 0.1) is 0 Å². The summed E-state index contributed by atoms with van der Waals surface area (Å²) in [6.07, 6.45) is 2.44. The van der Waals surface area contributed by atoms with Crippen molar-refractivity contribution in [3.05, 3.63) is 22.2 Å². The molecule has 0 amide bonds. The van der Waals surface area contributed by atoms with Crippen LogP contribution in [0.5, 0.6) is 11.5 Å². The molecule has 0 aliphatic carbocycles. The molecule has 104 valence electrons. The van der Waals surface area contributed by atoms with Crippen molar-refractivity contribution in [2.45, 2.75) is 25.4 Å². The molecule has 5 heteroatoms. The average Bonchev–Trinajstić information content (AvgIpc) is 2.85. The summed E-state index contributed by atoms with van der Waals surface area (Å²) in [6, 6.07) is 4.68. The van der Waals surface area contributed by atoms with E-state index >= 15 is 0 Å². The van der Waals surface area contributed by atoms with E-state index in [4.69, 9.17) is 9.47 Å². The third-order valence-corrected chi connectivity index (χ3v) is 4.58. The molecule has 1 fully saturated rings. The highest BCUT2D eigenvalue weighted by Gasteiger charge is 2.19. The van der Waals surface area contributed by atoms with E-state index in [9.17, 15) is 0 Å². The zero-order chi connectivity index (χ0) is 13.2. The number of nitrogens with zero attached hydrogens (tertiary/aromatic N) is 1. The molecule has 0 saturated carbocycles. The smallest absolute Gasteiger partial charge is 0.231 e. The third kappa shape index (κ3) is 3.04. The summed E-state index contributed by atoms with van der Waals surface area (Å²) < 4.78 is 11.9. The van der Waals surface area contributed by atoms with Gasteiger partial charge in [0.1, 0.15) is 0 Å². The number of rotatable bonds is 3. The fraction of sp³-hybridized carbons (Fsp3) is 0.571. The maximum absolute atomic E-state index is 5.42. The van der Waals surface area contributed by atoms with Crippen LogP contribution in [0.4, 0.5) is 0 Å². The molecule has 1 aromatic rings. The van der Waals surface area contributed by atoms with Crippen LogP contribution < -0.4 is 14.8 Å². The molecule has 0 atom stereocenters. The monoisotopic (exact) mass is 326 g/mol. The van der Waals surface area contributed by atoms with Gasteiger partial charge in [-0.3, -0.25) is 0 Å². The summed E-state index contributed by atoms with van der Waals surface area (Å²) in [7, 11) is 2.19. The molecule has 0 radical (unpaired) electrons. The first-order valence-corrected chi connectivity index (χ1v) is 7.51. The minimum Gasteiger partial charge on any atom is -0.454 e. The van der Waals surface area contributed by atoms with Crippen molar-refractivity contribution in [1.82, 2.24) is 10.2 Å². The van der Waals surface area contributed by atoms with E-state index in [2.05, 4.69) is 39.3 Å². The molecule has 3 rings (SSSR count). The van der Waals surface area contributed by atoms with Gasteiger partial charge >= 0.3 is 0 Å². The van der Waals surface area contributed by atoms with Gasteiger partial charge in [0.15, 0.2) is 11.5 Å². The molecule has 1 aromatic carbocycles. The third-order valence-electron chi connectivity index (χ3n) is 3.84. The van der Waals surface area contributed by atoms with Gasteiger partial charge < -0.3 is 19.7 Å². The van der Waals surface area contributed by atoms with Crippen LogP contribution >= 0.6 is 15.9 Å². The summed E-state index contributed by atoms with van der Waals surface area (Å²) in [5.74, 6) is 1.68. The second kappa shape index (κ2) is 5.69. The first-order chi connectivity index (χ1) is 9.22. The molecule has 0 aromatic heterocycles. The van der Waals surface area contributed by atoms with Gasteiger partial charge in [0.2, 0.25) is 6.79 Å². The van der Waals surface area contributed by atoms with Crippen molar-refractivity contribution in [3.63, 3.8) is 0 Å². The summed E-state index contributed by atoms with van der Waals surface area (Å²) in [5.41, 5.74) is 1.23. The molecular weight excluding hydrogens is 308 g/mol. The Morgan fingerprint density at radius 2 is 1.95 bits per heavy atom. The quantitative estimate of drug-likeness (QED) is 0.924. The lowest BCUT2D eigenvalue weighted by atomic mass is 10.1. The van der Waals surface area contributed by atoms with E-state index in [1.165, 1.54) is 31.5 Å². The Kier molecular flexibility index (Phi) is 3.96. The van der Waals surface area contributed by atoms with Gasteiger partial charge in [0.05, 0.1) is 0 Å². The Morgan fingerprint density at radius 1 is 1.26 bits per heavy atom. The lowest BCUT2D eigenvalue weighted by Crippen LogP contribution is -2.40. The zero-order valence-corrected chi connectivity index (χ0v) is 12.7. The van der Waals surface area contributed by atoms with Gasteiger partial charge in [0.25, 0.3) is 0 Å². The van der Waals surface area contributed by atoms with Gasteiger partial charge in [-0.05, 0) is 50.7 Å². The Labute approximate surface area is 122 Å². The van der Waals surface area contributed by atoms with Crippen molar-refractivity contribution < 1.29 is 9.47 Å². The molecule has 0 unspecified atom stereocenters. The predicted molar refractivity (Wildman–Crippen MR) is 77.6 cm³/mol. The van der Waals surface area contributed by atoms with Crippen molar-refractivity contribution in [1.29, 1.82) is 0 Å². The summed E-state index contributed by atoms with van der Waals surface area (Å²) >= 11 is 3.60. The second-order valence-electron chi connectivity index (χ2n) is 5.26. The number of fused-ring (bicyclic) bond motifs is 1. The van der Waals surface area contributed by atoms with E-state index in [1.807, 2.05) is 6.07 Å². The lowest BCUT2D eigenvalue weighted by molar-refractivity contribution is 0.174. The SMILES string of the molecule is CN1CCC(NCc2cc3c(cc2Br)OCO3)CC1. The van der Waals surface area contributed by atoms with Gasteiger partial charge in [0, 0.05) is 17.1 Å². The molecular formula is C14H19BrN2O2. The predicted octanol–water partition coefficient (Wildman–Crippen LogP) is 2.36. The number of likely N-dealkylation sites (tertiary alicyclic amines) is 1. The number of nitrogens with one attached hydrogen (secondary N) is 1. The fourth-order valence-electron chi connectivity index (χ4n) is 2.56. The van der Waals surface area contributed by atoms with E-state index < -0.39 is 0 Å². The van der Waals surface area contributed by atoms with E-state index in [-0.39, 0.29) is 0 Å². The first kappa shape index (κ1) is 13.2. The van der Waals surface area contributed by atoms with E-state index in [1.54, 1.807) is 0 Å². The number of halogens is 1. The minimum absolute atomic E-state index is 0.327. The van der Waals surface area contributed by atoms with E-state index in [0.29, 0.717) is 12.8 Å². The molecule has 2 aliphatic heterocycles. The van der Waals surface area contributed by atoms with Gasteiger partial charge in [-0.15, -0.1) is 0 Å². The second-order valence-corrected chi connectivity index (χ2v) is 6.11. The zero-order valence-electron chi connectivity index (χ0n) is 11.1. The van der Waals surface area contributed by atoms with Crippen LogP contribution in [0.25, 0.3) is 0 Å². The van der Waals surface area contributed by atoms with Crippen molar-refractivity contribution in [2.24, 2.45) is 0 Å². The normalized spacial score (nSPS) is 19.9. The largest absolute Gasteiger partial charge is 0.454 e. The Bertz CT molecular complexity index is 459. The highest BCUT2D eigenvalue weighted by molar-refractivity contribution is 9.10. The van der Waals surface area contributed by atoms with Crippen LogP contribution in [-0.2, 0) is 6.54 Å². The molecule has 4 nitrogen and oxygen atoms in total. The molecule has 0 spiro atoms. The van der Waals surface area contributed by atoms with Gasteiger partial charge in [-0.1, -0.05) is 15.9 Å². The molecule has 2 aliphatic rings. The fourth-order valence-corrected chi connectivity index (χ4v) is 3.02. The number of hydrogen-bond donors (Lipinski definition) is 1. The maximum Gasteiger partial charge on any atom is 0.231 e. The van der Waals surface area contributed by atoms with Gasteiger partial charge in [-0.2, -0.15) is 0 Å². The topological polar surface area (TPSA) is 33.7 Å². The van der Waals surface area contributed by atoms with Crippen LogP contribution in [0.15, 0.2) is 16.6 Å². The number of benzene rings is 1. The molecule has 19 heavy (non-hydrogen) atoms. The summed E-state index contributed by atoms with van der Waals surface area (Å²) in [6.45, 7) is 3.55. The van der Waals surface area contributed by atoms with Crippen LogP contribution in [0.3, 0.4) is 0 Å². The highest BCUT2D eigenvalue weighted by Crippen LogP contribution is 2.36. The summed E-state index contributed by atoms with van der Waals surface area (Å²) in [5, 5.41) is 3.64.